The second-order valence-electron chi connectivity index (χ2n) is 9.67. The maximum atomic E-state index is 10.4. The topological polar surface area (TPSA) is 56.2 Å². The van der Waals surface area contributed by atoms with E-state index in [2.05, 4.69) is 67.0 Å². The van der Waals surface area contributed by atoms with Crippen molar-refractivity contribution in [2.45, 2.75) is 52.5 Å². The molecule has 1 atom stereocenters. The standard InChI is InChI=1S/C31H40N2O3/c1-4-32(5-2)17-18-36-29-14-7-23(8-15-29)22-33(6-3)31-21-28(35)13-16-30(31)26-10-9-25-20-27(34)12-11-24(25)19-26/h7-8,11-16,20-21,26,34-35H,4-6,9-10,17-19,22H2,1-3H3. The number of hydrogen-bond acceptors (Lipinski definition) is 5. The van der Waals surface area contributed by atoms with Crippen molar-refractivity contribution in [3.8, 4) is 17.2 Å². The van der Waals surface area contributed by atoms with Crippen molar-refractivity contribution in [1.29, 1.82) is 0 Å². The highest BCUT2D eigenvalue weighted by Crippen LogP contribution is 2.40. The summed E-state index contributed by atoms with van der Waals surface area (Å²) in [5, 5.41) is 20.2. The van der Waals surface area contributed by atoms with Gasteiger partial charge in [-0.1, -0.05) is 38.1 Å². The lowest BCUT2D eigenvalue weighted by atomic mass is 9.79. The molecule has 3 aromatic carbocycles. The Bertz CT molecular complexity index is 1130. The van der Waals surface area contributed by atoms with Crippen LogP contribution in [0.4, 0.5) is 5.69 Å². The summed E-state index contributed by atoms with van der Waals surface area (Å²) in [6.07, 6.45) is 2.94. The first-order valence-electron chi connectivity index (χ1n) is 13.3. The van der Waals surface area contributed by atoms with Crippen molar-refractivity contribution in [2.24, 2.45) is 0 Å². The minimum absolute atomic E-state index is 0.297. The van der Waals surface area contributed by atoms with Gasteiger partial charge in [0, 0.05) is 31.4 Å². The molecule has 0 radical (unpaired) electrons. The van der Waals surface area contributed by atoms with Crippen LogP contribution in [0.2, 0.25) is 0 Å². The van der Waals surface area contributed by atoms with Gasteiger partial charge in [0.05, 0.1) is 0 Å². The molecule has 0 spiro atoms. The minimum Gasteiger partial charge on any atom is -0.508 e. The third-order valence-electron chi connectivity index (χ3n) is 7.46. The molecule has 5 heteroatoms. The van der Waals surface area contributed by atoms with Crippen LogP contribution in [0, 0.1) is 0 Å². The zero-order chi connectivity index (χ0) is 25.5. The number of hydrogen-bond donors (Lipinski definition) is 2. The SMILES string of the molecule is CCN(CC)CCOc1ccc(CN(CC)c2cc(O)ccc2C2CCc3cc(O)ccc3C2)cc1. The number of benzene rings is 3. The lowest BCUT2D eigenvalue weighted by Crippen LogP contribution is -2.27. The number of likely N-dealkylation sites (N-methyl/N-ethyl adjacent to an activating group) is 1. The third-order valence-corrected chi connectivity index (χ3v) is 7.46. The number of ether oxygens (including phenoxy) is 1. The molecule has 3 aromatic rings. The molecule has 4 rings (SSSR count). The zero-order valence-electron chi connectivity index (χ0n) is 21.9. The van der Waals surface area contributed by atoms with Crippen LogP contribution in [0.1, 0.15) is 55.4 Å². The van der Waals surface area contributed by atoms with Crippen LogP contribution in [0.3, 0.4) is 0 Å². The zero-order valence-corrected chi connectivity index (χ0v) is 21.9. The Morgan fingerprint density at radius 2 is 1.56 bits per heavy atom. The van der Waals surface area contributed by atoms with Gasteiger partial charge in [-0.05, 0) is 97.8 Å². The van der Waals surface area contributed by atoms with Crippen LogP contribution in [0.15, 0.2) is 60.7 Å². The van der Waals surface area contributed by atoms with Crippen molar-refractivity contribution in [3.63, 3.8) is 0 Å². The van der Waals surface area contributed by atoms with Gasteiger partial charge in [-0.3, -0.25) is 0 Å². The Hall–Kier alpha value is -3.18. The van der Waals surface area contributed by atoms with Crippen LogP contribution in [0.5, 0.6) is 17.2 Å². The highest BCUT2D eigenvalue weighted by molar-refractivity contribution is 5.59. The van der Waals surface area contributed by atoms with Crippen molar-refractivity contribution >= 4 is 5.69 Å². The van der Waals surface area contributed by atoms with Crippen molar-refractivity contribution in [3.05, 3.63) is 82.9 Å². The van der Waals surface area contributed by atoms with Gasteiger partial charge in [-0.2, -0.15) is 0 Å². The fourth-order valence-electron chi connectivity index (χ4n) is 5.27. The number of aromatic hydroxyl groups is 2. The molecule has 1 aliphatic carbocycles. The smallest absolute Gasteiger partial charge is 0.119 e. The lowest BCUT2D eigenvalue weighted by molar-refractivity contribution is 0.223. The van der Waals surface area contributed by atoms with E-state index in [9.17, 15) is 10.2 Å². The van der Waals surface area contributed by atoms with Gasteiger partial charge in [0.15, 0.2) is 0 Å². The molecule has 0 saturated heterocycles. The van der Waals surface area contributed by atoms with E-state index in [1.54, 1.807) is 6.07 Å². The number of anilines is 1. The number of rotatable bonds is 11. The van der Waals surface area contributed by atoms with Crippen LogP contribution < -0.4 is 9.64 Å². The predicted molar refractivity (Wildman–Crippen MR) is 147 cm³/mol. The fourth-order valence-corrected chi connectivity index (χ4v) is 5.27. The molecular weight excluding hydrogens is 448 g/mol. The molecule has 5 nitrogen and oxygen atoms in total. The number of aryl methyl sites for hydroxylation is 1. The van der Waals surface area contributed by atoms with E-state index >= 15 is 0 Å². The van der Waals surface area contributed by atoms with E-state index < -0.39 is 0 Å². The quantitative estimate of drug-likeness (QED) is 0.341. The van der Waals surface area contributed by atoms with Gasteiger partial charge in [-0.25, -0.2) is 0 Å². The molecule has 0 bridgehead atoms. The maximum absolute atomic E-state index is 10.4. The molecule has 0 amide bonds. The molecule has 2 N–H and O–H groups in total. The number of fused-ring (bicyclic) bond motifs is 1. The number of phenols is 2. The highest BCUT2D eigenvalue weighted by Gasteiger charge is 2.24. The van der Waals surface area contributed by atoms with Crippen LogP contribution >= 0.6 is 0 Å². The average Bonchev–Trinajstić information content (AvgIpc) is 2.90. The minimum atomic E-state index is 0.297. The highest BCUT2D eigenvalue weighted by atomic mass is 16.5. The summed E-state index contributed by atoms with van der Waals surface area (Å²) in [5.74, 6) is 1.92. The molecule has 36 heavy (non-hydrogen) atoms. The summed E-state index contributed by atoms with van der Waals surface area (Å²) in [6.45, 7) is 11.8. The summed E-state index contributed by atoms with van der Waals surface area (Å²) in [4.78, 5) is 4.70. The van der Waals surface area contributed by atoms with Gasteiger partial charge in [0.2, 0.25) is 0 Å². The van der Waals surface area contributed by atoms with Crippen molar-refractivity contribution < 1.29 is 14.9 Å². The van der Waals surface area contributed by atoms with Crippen LogP contribution in [0.25, 0.3) is 0 Å². The number of phenolic OH excluding ortho intramolecular Hbond substituents is 2. The van der Waals surface area contributed by atoms with E-state index in [1.165, 1.54) is 22.3 Å². The molecular formula is C31H40N2O3. The van der Waals surface area contributed by atoms with Gasteiger partial charge in [-0.15, -0.1) is 0 Å². The second-order valence-corrected chi connectivity index (χ2v) is 9.67. The Kier molecular flexibility index (Phi) is 8.76. The molecule has 0 fully saturated rings. The summed E-state index contributed by atoms with van der Waals surface area (Å²) in [7, 11) is 0. The molecule has 0 heterocycles. The first-order valence-corrected chi connectivity index (χ1v) is 13.3. The van der Waals surface area contributed by atoms with Crippen molar-refractivity contribution in [2.75, 3.05) is 37.7 Å². The summed E-state index contributed by atoms with van der Waals surface area (Å²) in [5.41, 5.74) is 6.15. The molecule has 192 valence electrons. The van der Waals surface area contributed by atoms with E-state index in [0.717, 1.165) is 63.4 Å². The Morgan fingerprint density at radius 1 is 0.833 bits per heavy atom. The first kappa shape index (κ1) is 25.9. The molecule has 0 aromatic heterocycles. The normalized spacial score (nSPS) is 15.1. The monoisotopic (exact) mass is 488 g/mol. The van der Waals surface area contributed by atoms with Gasteiger partial charge in [0.25, 0.3) is 0 Å². The Labute approximate surface area is 216 Å². The van der Waals surface area contributed by atoms with Crippen LogP contribution in [-0.4, -0.2) is 47.9 Å². The molecule has 0 saturated carbocycles. The average molecular weight is 489 g/mol. The third kappa shape index (κ3) is 6.33. The van der Waals surface area contributed by atoms with E-state index in [0.29, 0.717) is 24.0 Å². The van der Waals surface area contributed by atoms with Crippen LogP contribution in [-0.2, 0) is 19.4 Å². The first-order chi connectivity index (χ1) is 17.5. The molecule has 1 aliphatic rings. The van der Waals surface area contributed by atoms with E-state index in [1.807, 2.05) is 18.2 Å². The fraction of sp³-hybridized carbons (Fsp3) is 0.419. The van der Waals surface area contributed by atoms with Gasteiger partial charge < -0.3 is 24.7 Å². The second kappa shape index (κ2) is 12.2. The largest absolute Gasteiger partial charge is 0.508 e. The summed E-state index contributed by atoms with van der Waals surface area (Å²) < 4.78 is 5.96. The predicted octanol–water partition coefficient (Wildman–Crippen LogP) is 6.12. The Morgan fingerprint density at radius 3 is 2.28 bits per heavy atom. The van der Waals surface area contributed by atoms with E-state index in [4.69, 9.17) is 4.74 Å². The Balaban J connectivity index is 1.47. The van der Waals surface area contributed by atoms with Gasteiger partial charge in [0.1, 0.15) is 23.9 Å². The number of nitrogens with zero attached hydrogens (tertiary/aromatic N) is 2. The summed E-state index contributed by atoms with van der Waals surface area (Å²) in [6, 6.07) is 20.0. The maximum Gasteiger partial charge on any atom is 0.119 e. The molecule has 1 unspecified atom stereocenters. The van der Waals surface area contributed by atoms with Crippen molar-refractivity contribution in [1.82, 2.24) is 4.90 Å². The van der Waals surface area contributed by atoms with E-state index in [-0.39, 0.29) is 0 Å². The molecule has 0 aliphatic heterocycles. The summed E-state index contributed by atoms with van der Waals surface area (Å²) >= 11 is 0. The lowest BCUT2D eigenvalue weighted by Gasteiger charge is -2.31. The van der Waals surface area contributed by atoms with Gasteiger partial charge >= 0.3 is 0 Å².